The molecule has 0 nitrogen and oxygen atoms in total. The topological polar surface area (TPSA) is 0 Å². The average Bonchev–Trinajstić information content (AvgIpc) is 1.87. The molecule has 7 heavy (non-hydrogen) atoms. The first kappa shape index (κ1) is 5.75. The first-order valence-corrected chi connectivity index (χ1v) is 4.59. The quantitative estimate of drug-likeness (QED) is 0.351. The van der Waals surface area contributed by atoms with Crippen LogP contribution >= 0.6 is 45.5 Å². The normalized spacial score (nSPS) is 9.29. The molecule has 0 atom stereocenters. The summed E-state index contributed by atoms with van der Waals surface area (Å²) in [6.07, 6.45) is 0. The summed E-state index contributed by atoms with van der Waals surface area (Å²) in [4.78, 5) is 0. The molecule has 0 aliphatic carbocycles. The van der Waals surface area contributed by atoms with Gasteiger partial charge in [0.05, 0.1) is 4.21 Å². The molecule has 0 aromatic carbocycles. The first-order valence-electron chi connectivity index (χ1n) is 1.58. The van der Waals surface area contributed by atoms with Gasteiger partial charge in [-0.05, 0) is 6.07 Å². The van der Waals surface area contributed by atoms with E-state index in [0.29, 0.717) is 0 Å². The molecule has 0 saturated carbocycles. The van der Waals surface area contributed by atoms with E-state index in [1.165, 1.54) is 0 Å². The van der Waals surface area contributed by atoms with Crippen LogP contribution in [-0.4, -0.2) is 0 Å². The minimum absolute atomic E-state index is 0.926. The second kappa shape index (κ2) is 2.26. The zero-order valence-electron chi connectivity index (χ0n) is 3.25. The van der Waals surface area contributed by atoms with Crippen molar-refractivity contribution in [2.24, 2.45) is 0 Å². The fraction of sp³-hybridized carbons (Fsp3) is 0. The molecule has 0 unspecified atom stereocenters. The van der Waals surface area contributed by atoms with Crippen LogP contribution < -0.4 is 0 Å². The summed E-state index contributed by atoms with van der Waals surface area (Å²) >= 11 is 8.88. The lowest BCUT2D eigenvalue weighted by atomic mass is 10.8. The van der Waals surface area contributed by atoms with Crippen LogP contribution in [0.2, 0.25) is 0 Å². The highest BCUT2D eigenvalue weighted by molar-refractivity contribution is 7.88. The van der Waals surface area contributed by atoms with E-state index in [0.717, 1.165) is 8.03 Å². The van der Waals surface area contributed by atoms with Gasteiger partial charge in [0.25, 0.3) is 0 Å². The summed E-state index contributed by atoms with van der Waals surface area (Å²) in [7, 11) is 3.19. The molecule has 0 aliphatic rings. The summed E-state index contributed by atoms with van der Waals surface area (Å²) in [6, 6.07) is 1.88. The summed E-state index contributed by atoms with van der Waals surface area (Å²) in [6.45, 7) is 0. The molecule has 0 radical (unpaired) electrons. The Morgan fingerprint density at radius 2 is 2.29 bits per heavy atom. The van der Waals surface area contributed by atoms with E-state index in [-0.39, 0.29) is 0 Å². The lowest BCUT2D eigenvalue weighted by molar-refractivity contribution is 1.76. The van der Waals surface area contributed by atoms with Crippen molar-refractivity contribution in [3.63, 3.8) is 0 Å². The molecule has 0 amide bonds. The van der Waals surface area contributed by atoms with Crippen LogP contribution in [0.15, 0.2) is 10.3 Å². The van der Waals surface area contributed by atoms with Gasteiger partial charge in [0.15, 0.2) is 0 Å². The van der Waals surface area contributed by atoms with Gasteiger partial charge in [-0.15, -0.1) is 12.6 Å². The molecule has 4 heteroatoms. The highest BCUT2D eigenvalue weighted by atomic mass is 32.9. The molecule has 0 bridgehead atoms. The number of thiol groups is 1. The zero-order valence-corrected chi connectivity index (χ0v) is 6.59. The van der Waals surface area contributed by atoms with Gasteiger partial charge in [-0.3, -0.25) is 0 Å². The summed E-state index contributed by atoms with van der Waals surface area (Å²) in [5.74, 6) is 0. The Morgan fingerprint density at radius 1 is 1.57 bits per heavy atom. The second-order valence-electron chi connectivity index (χ2n) is 0.968. The van der Waals surface area contributed by atoms with Gasteiger partial charge in [0.2, 0.25) is 0 Å². The monoisotopic (exact) mass is 166 g/mol. The van der Waals surface area contributed by atoms with Gasteiger partial charge in [-0.25, -0.2) is 0 Å². The fourth-order valence-electron chi connectivity index (χ4n) is 0.233. The predicted octanol–water partition coefficient (Wildman–Crippen LogP) is 2.83. The summed E-state index contributed by atoms with van der Waals surface area (Å²) < 4.78 is 1.94. The van der Waals surface area contributed by atoms with E-state index in [2.05, 4.69) is 12.6 Å². The molecular formula is C3H2S4. The van der Waals surface area contributed by atoms with Gasteiger partial charge < -0.3 is 0 Å². The maximum atomic E-state index is 4.81. The minimum atomic E-state index is 0.926. The molecule has 0 saturated heterocycles. The van der Waals surface area contributed by atoms with Crippen LogP contribution in [0.5, 0.6) is 0 Å². The van der Waals surface area contributed by atoms with E-state index >= 15 is 0 Å². The van der Waals surface area contributed by atoms with Crippen molar-refractivity contribution in [3.8, 4) is 0 Å². The number of rotatable bonds is 0. The molecule has 1 heterocycles. The smallest absolute Gasteiger partial charge is 0.103 e. The van der Waals surface area contributed by atoms with Crippen LogP contribution in [0.4, 0.5) is 0 Å². The van der Waals surface area contributed by atoms with Crippen LogP contribution in [0.1, 0.15) is 0 Å². The highest BCUT2D eigenvalue weighted by Crippen LogP contribution is 2.20. The van der Waals surface area contributed by atoms with E-state index in [1.807, 2.05) is 6.07 Å². The third-order valence-electron chi connectivity index (χ3n) is 0.451. The Balaban J connectivity index is 3.30. The average molecular weight is 166 g/mol. The summed E-state index contributed by atoms with van der Waals surface area (Å²) in [5, 5.41) is 0. The lowest BCUT2D eigenvalue weighted by Crippen LogP contribution is -1.36. The Labute approximate surface area is 59.6 Å². The minimum Gasteiger partial charge on any atom is -0.132 e. The Hall–Kier alpha value is 0.620. The summed E-state index contributed by atoms with van der Waals surface area (Å²) in [5.41, 5.74) is 0. The van der Waals surface area contributed by atoms with Gasteiger partial charge in [-0.1, -0.05) is 32.9 Å². The third-order valence-corrected chi connectivity index (χ3v) is 3.89. The Morgan fingerprint density at radius 3 is 2.43 bits per heavy atom. The van der Waals surface area contributed by atoms with Crippen molar-refractivity contribution in [1.82, 2.24) is 0 Å². The van der Waals surface area contributed by atoms with Gasteiger partial charge in [0.1, 0.15) is 3.82 Å². The molecule has 0 fully saturated rings. The molecule has 0 N–H and O–H groups in total. The first-order chi connectivity index (χ1) is 3.29. The Bertz CT molecular complexity index is 195. The maximum absolute atomic E-state index is 4.81. The van der Waals surface area contributed by atoms with Crippen LogP contribution in [0.3, 0.4) is 0 Å². The molecule has 1 rings (SSSR count). The van der Waals surface area contributed by atoms with Crippen molar-refractivity contribution in [2.75, 3.05) is 0 Å². The van der Waals surface area contributed by atoms with Crippen molar-refractivity contribution < 1.29 is 0 Å². The van der Waals surface area contributed by atoms with E-state index < -0.39 is 0 Å². The van der Waals surface area contributed by atoms with E-state index in [9.17, 15) is 0 Å². The van der Waals surface area contributed by atoms with Crippen molar-refractivity contribution in [1.29, 1.82) is 0 Å². The highest BCUT2D eigenvalue weighted by Gasteiger charge is 1.83. The van der Waals surface area contributed by atoms with E-state index in [4.69, 9.17) is 12.2 Å². The standard InChI is InChI=1S/C3H2S4/c4-2-1-3(5)7-6-2/h1,4H. The van der Waals surface area contributed by atoms with Crippen LogP contribution in [0, 0.1) is 3.82 Å². The Kier molecular flexibility index (Phi) is 1.86. The van der Waals surface area contributed by atoms with Gasteiger partial charge in [0, 0.05) is 0 Å². The fourth-order valence-corrected chi connectivity index (χ4v) is 2.74. The van der Waals surface area contributed by atoms with Crippen molar-refractivity contribution in [3.05, 3.63) is 9.89 Å². The van der Waals surface area contributed by atoms with Crippen LogP contribution in [0.25, 0.3) is 0 Å². The zero-order chi connectivity index (χ0) is 5.28. The predicted molar refractivity (Wildman–Crippen MR) is 40.3 cm³/mol. The third kappa shape index (κ3) is 1.53. The van der Waals surface area contributed by atoms with Gasteiger partial charge in [-0.2, -0.15) is 0 Å². The number of hydrogen-bond acceptors (Lipinski definition) is 4. The molecule has 0 spiro atoms. The molecule has 0 aliphatic heterocycles. The molecule has 1 aromatic heterocycles. The van der Waals surface area contributed by atoms with Gasteiger partial charge >= 0.3 is 0 Å². The molecular weight excluding hydrogens is 164 g/mol. The van der Waals surface area contributed by atoms with Crippen molar-refractivity contribution >= 4 is 45.5 Å². The SMILES string of the molecule is S=c1cc(S)ss1. The molecule has 1 aromatic rings. The van der Waals surface area contributed by atoms with E-state index in [1.54, 1.807) is 20.7 Å². The number of hydrogen-bond donors (Lipinski definition) is 1. The maximum Gasteiger partial charge on any atom is 0.103 e. The lowest BCUT2D eigenvalue weighted by Gasteiger charge is -1.63. The largest absolute Gasteiger partial charge is 0.132 e. The molecule has 38 valence electrons. The second-order valence-corrected chi connectivity index (χ2v) is 4.66. The van der Waals surface area contributed by atoms with Crippen molar-refractivity contribution in [2.45, 2.75) is 4.21 Å². The van der Waals surface area contributed by atoms with Crippen LogP contribution in [-0.2, 0) is 0 Å².